The lowest BCUT2D eigenvalue weighted by Gasteiger charge is -2.27. The first kappa shape index (κ1) is 17.0. The zero-order valence-electron chi connectivity index (χ0n) is 13.0. The summed E-state index contributed by atoms with van der Waals surface area (Å²) in [7, 11) is 0. The fraction of sp³-hybridized carbons (Fsp3) is 1.00. The second-order valence-electron chi connectivity index (χ2n) is 6.29. The Morgan fingerprint density at radius 1 is 0.947 bits per heavy atom. The van der Waals surface area contributed by atoms with Gasteiger partial charge >= 0.3 is 0 Å². The first-order valence-corrected chi connectivity index (χ1v) is 8.73. The number of rotatable bonds is 11. The molecule has 0 bridgehead atoms. The Balaban J connectivity index is 1.98. The molecule has 0 spiro atoms. The zero-order chi connectivity index (χ0) is 13.8. The van der Waals surface area contributed by atoms with Gasteiger partial charge in [0.2, 0.25) is 0 Å². The van der Waals surface area contributed by atoms with Gasteiger partial charge in [0, 0.05) is 12.1 Å². The Hall–Kier alpha value is -0.0800. The molecule has 1 saturated carbocycles. The topological polar surface area (TPSA) is 32.3 Å². The quantitative estimate of drug-likeness (QED) is 0.545. The molecule has 0 aromatic heterocycles. The molecular formula is C17H35NO. The van der Waals surface area contributed by atoms with Crippen LogP contribution in [0.25, 0.3) is 0 Å². The Bertz CT molecular complexity index is 190. The van der Waals surface area contributed by atoms with Crippen LogP contribution in [0.2, 0.25) is 0 Å². The fourth-order valence-electron chi connectivity index (χ4n) is 3.18. The number of aliphatic hydroxyl groups is 1. The highest BCUT2D eigenvalue weighted by molar-refractivity contribution is 4.77. The van der Waals surface area contributed by atoms with Gasteiger partial charge < -0.3 is 10.4 Å². The highest BCUT2D eigenvalue weighted by atomic mass is 16.3. The van der Waals surface area contributed by atoms with Crippen LogP contribution in [0.5, 0.6) is 0 Å². The van der Waals surface area contributed by atoms with Crippen LogP contribution in [0.4, 0.5) is 0 Å². The largest absolute Gasteiger partial charge is 0.395 e. The zero-order valence-corrected chi connectivity index (χ0v) is 13.0. The monoisotopic (exact) mass is 269 g/mol. The van der Waals surface area contributed by atoms with E-state index in [1.165, 1.54) is 77.0 Å². The summed E-state index contributed by atoms with van der Waals surface area (Å²) in [6.07, 6.45) is 17.4. The molecule has 2 nitrogen and oxygen atoms in total. The lowest BCUT2D eigenvalue weighted by molar-refractivity contribution is 0.209. The summed E-state index contributed by atoms with van der Waals surface area (Å²) < 4.78 is 0. The molecule has 1 unspecified atom stereocenters. The van der Waals surface area contributed by atoms with Crippen LogP contribution in [-0.4, -0.2) is 23.8 Å². The lowest BCUT2D eigenvalue weighted by atomic mass is 9.94. The van der Waals surface area contributed by atoms with Crippen LogP contribution in [0.15, 0.2) is 0 Å². The predicted octanol–water partition coefficient (Wildman–Crippen LogP) is 4.41. The van der Waals surface area contributed by atoms with Crippen LogP contribution in [-0.2, 0) is 0 Å². The second-order valence-corrected chi connectivity index (χ2v) is 6.29. The summed E-state index contributed by atoms with van der Waals surface area (Å²) in [5.41, 5.74) is 0. The average Bonchev–Trinajstić information content (AvgIpc) is 2.46. The molecule has 1 fully saturated rings. The Morgan fingerprint density at radius 2 is 1.58 bits per heavy atom. The van der Waals surface area contributed by atoms with E-state index in [1.807, 2.05) is 0 Å². The maximum atomic E-state index is 9.47. The molecule has 2 heteroatoms. The molecule has 0 saturated heterocycles. The molecule has 114 valence electrons. The predicted molar refractivity (Wildman–Crippen MR) is 83.5 cm³/mol. The number of hydrogen-bond acceptors (Lipinski definition) is 2. The van der Waals surface area contributed by atoms with E-state index in [2.05, 4.69) is 12.2 Å². The SMILES string of the molecule is CCCCCCCCCC(CO)NC1CCCCC1. The number of aliphatic hydroxyl groups excluding tert-OH is 1. The third-order valence-corrected chi connectivity index (χ3v) is 4.45. The molecule has 0 amide bonds. The third-order valence-electron chi connectivity index (χ3n) is 4.45. The van der Waals surface area contributed by atoms with Crippen molar-refractivity contribution in [3.63, 3.8) is 0 Å². The van der Waals surface area contributed by atoms with E-state index < -0.39 is 0 Å². The molecule has 0 heterocycles. The smallest absolute Gasteiger partial charge is 0.0584 e. The van der Waals surface area contributed by atoms with Gasteiger partial charge in [-0.05, 0) is 19.3 Å². The van der Waals surface area contributed by atoms with Gasteiger partial charge in [0.1, 0.15) is 0 Å². The Labute approximate surface area is 120 Å². The van der Waals surface area contributed by atoms with Gasteiger partial charge in [-0.3, -0.25) is 0 Å². The minimum Gasteiger partial charge on any atom is -0.395 e. The molecule has 1 aliphatic carbocycles. The van der Waals surface area contributed by atoms with E-state index >= 15 is 0 Å². The molecule has 0 radical (unpaired) electrons. The van der Waals surface area contributed by atoms with E-state index in [1.54, 1.807) is 0 Å². The standard InChI is InChI=1S/C17H35NO/c1-2-3-4-5-6-7-9-14-17(15-19)18-16-12-10-8-11-13-16/h16-19H,2-15H2,1H3. The lowest BCUT2D eigenvalue weighted by Crippen LogP contribution is -2.41. The van der Waals surface area contributed by atoms with Gasteiger partial charge in [0.05, 0.1) is 6.61 Å². The van der Waals surface area contributed by atoms with Gasteiger partial charge in [0.25, 0.3) is 0 Å². The number of nitrogens with one attached hydrogen (secondary N) is 1. The summed E-state index contributed by atoms with van der Waals surface area (Å²) in [5, 5.41) is 13.1. The number of hydrogen-bond donors (Lipinski definition) is 2. The van der Waals surface area contributed by atoms with E-state index in [0.29, 0.717) is 18.7 Å². The first-order valence-electron chi connectivity index (χ1n) is 8.73. The van der Waals surface area contributed by atoms with Crippen molar-refractivity contribution in [2.45, 2.75) is 102 Å². The Morgan fingerprint density at radius 3 is 2.21 bits per heavy atom. The average molecular weight is 269 g/mol. The van der Waals surface area contributed by atoms with Crippen LogP contribution < -0.4 is 5.32 Å². The molecule has 0 aromatic carbocycles. The third kappa shape index (κ3) is 8.65. The molecule has 0 aliphatic heterocycles. The molecule has 2 N–H and O–H groups in total. The second kappa shape index (κ2) is 11.7. The maximum absolute atomic E-state index is 9.47. The van der Waals surface area contributed by atoms with Gasteiger partial charge in [0.15, 0.2) is 0 Å². The minimum atomic E-state index is 0.312. The van der Waals surface area contributed by atoms with E-state index in [-0.39, 0.29) is 0 Å². The summed E-state index contributed by atoms with van der Waals surface area (Å²) in [4.78, 5) is 0. The van der Waals surface area contributed by atoms with E-state index in [9.17, 15) is 5.11 Å². The molecule has 1 rings (SSSR count). The normalized spacial score (nSPS) is 18.6. The first-order chi connectivity index (χ1) is 9.36. The van der Waals surface area contributed by atoms with Crippen molar-refractivity contribution in [3.8, 4) is 0 Å². The van der Waals surface area contributed by atoms with Crippen molar-refractivity contribution in [2.75, 3.05) is 6.61 Å². The van der Waals surface area contributed by atoms with Crippen LogP contribution in [0, 0.1) is 0 Å². The minimum absolute atomic E-state index is 0.312. The summed E-state index contributed by atoms with van der Waals surface area (Å²) in [5.74, 6) is 0. The van der Waals surface area contributed by atoms with Crippen molar-refractivity contribution in [1.29, 1.82) is 0 Å². The number of unbranched alkanes of at least 4 members (excludes halogenated alkanes) is 6. The molecule has 0 aromatic rings. The van der Waals surface area contributed by atoms with Gasteiger partial charge in [-0.25, -0.2) is 0 Å². The van der Waals surface area contributed by atoms with Gasteiger partial charge in [-0.1, -0.05) is 71.1 Å². The van der Waals surface area contributed by atoms with Crippen molar-refractivity contribution in [2.24, 2.45) is 0 Å². The Kier molecular flexibility index (Phi) is 10.5. The summed E-state index contributed by atoms with van der Waals surface area (Å²) >= 11 is 0. The van der Waals surface area contributed by atoms with Crippen molar-refractivity contribution < 1.29 is 5.11 Å². The van der Waals surface area contributed by atoms with Gasteiger partial charge in [-0.15, -0.1) is 0 Å². The van der Waals surface area contributed by atoms with Crippen molar-refractivity contribution in [1.82, 2.24) is 5.32 Å². The van der Waals surface area contributed by atoms with E-state index in [0.717, 1.165) is 6.42 Å². The molecular weight excluding hydrogens is 234 g/mol. The van der Waals surface area contributed by atoms with Crippen LogP contribution in [0.1, 0.15) is 90.4 Å². The highest BCUT2D eigenvalue weighted by Gasteiger charge is 2.16. The van der Waals surface area contributed by atoms with E-state index in [4.69, 9.17) is 0 Å². The fourth-order valence-corrected chi connectivity index (χ4v) is 3.18. The van der Waals surface area contributed by atoms with Crippen molar-refractivity contribution in [3.05, 3.63) is 0 Å². The highest BCUT2D eigenvalue weighted by Crippen LogP contribution is 2.18. The molecule has 1 atom stereocenters. The molecule has 1 aliphatic rings. The summed E-state index contributed by atoms with van der Waals surface area (Å²) in [6.45, 7) is 2.58. The molecule has 19 heavy (non-hydrogen) atoms. The summed E-state index contributed by atoms with van der Waals surface area (Å²) in [6, 6.07) is 1.02. The van der Waals surface area contributed by atoms with Crippen LogP contribution >= 0.6 is 0 Å². The van der Waals surface area contributed by atoms with Crippen LogP contribution in [0.3, 0.4) is 0 Å². The maximum Gasteiger partial charge on any atom is 0.0584 e. The van der Waals surface area contributed by atoms with Crippen molar-refractivity contribution >= 4 is 0 Å². The van der Waals surface area contributed by atoms with Gasteiger partial charge in [-0.2, -0.15) is 0 Å².